The van der Waals surface area contributed by atoms with E-state index in [2.05, 4.69) is 14.9 Å². The number of nitrogens with two attached hydrogens (primary N) is 1. The van der Waals surface area contributed by atoms with Crippen LogP contribution in [0.2, 0.25) is 0 Å². The molecule has 2 N–H and O–H groups in total. The number of nitrogens with zero attached hydrogens (tertiary/aromatic N) is 3. The van der Waals surface area contributed by atoms with Crippen molar-refractivity contribution in [3.8, 4) is 11.3 Å². The van der Waals surface area contributed by atoms with Crippen LogP contribution in [0, 0.1) is 6.92 Å². The third-order valence-corrected chi connectivity index (χ3v) is 3.92. The summed E-state index contributed by atoms with van der Waals surface area (Å²) >= 11 is 0. The lowest BCUT2D eigenvalue weighted by Crippen LogP contribution is -2.31. The van der Waals surface area contributed by atoms with Crippen LogP contribution in [0.4, 0.5) is 5.95 Å². The number of hydrogen-bond donors (Lipinski definition) is 1. The molecule has 1 aliphatic rings. The lowest BCUT2D eigenvalue weighted by molar-refractivity contribution is 0.0995. The zero-order valence-electron chi connectivity index (χ0n) is 12.7. The highest BCUT2D eigenvalue weighted by Gasteiger charge is 2.17. The second kappa shape index (κ2) is 6.13. The van der Waals surface area contributed by atoms with Crippen LogP contribution >= 0.6 is 0 Å². The molecule has 114 valence electrons. The van der Waals surface area contributed by atoms with Gasteiger partial charge in [-0.25, -0.2) is 9.97 Å². The van der Waals surface area contributed by atoms with Gasteiger partial charge in [-0.1, -0.05) is 23.8 Å². The van der Waals surface area contributed by atoms with Gasteiger partial charge in [0.2, 0.25) is 5.95 Å². The van der Waals surface area contributed by atoms with Crippen molar-refractivity contribution >= 4 is 11.9 Å². The minimum absolute atomic E-state index is 0.270. The Balaban J connectivity index is 2.05. The maximum Gasteiger partial charge on any atom is 0.267 e. The summed E-state index contributed by atoms with van der Waals surface area (Å²) in [5.74, 6) is 0.0852. The summed E-state index contributed by atoms with van der Waals surface area (Å²) in [6.07, 6.45) is 3.49. The quantitative estimate of drug-likeness (QED) is 0.944. The maximum atomic E-state index is 11.6. The molecule has 0 radical (unpaired) electrons. The summed E-state index contributed by atoms with van der Waals surface area (Å²) in [7, 11) is 0. The van der Waals surface area contributed by atoms with E-state index in [0.29, 0.717) is 5.95 Å². The van der Waals surface area contributed by atoms with Crippen LogP contribution in [-0.2, 0) is 0 Å². The monoisotopic (exact) mass is 296 g/mol. The molecule has 1 aliphatic heterocycles. The van der Waals surface area contributed by atoms with E-state index in [9.17, 15) is 4.79 Å². The predicted molar refractivity (Wildman–Crippen MR) is 86.8 cm³/mol. The van der Waals surface area contributed by atoms with Crippen molar-refractivity contribution in [1.82, 2.24) is 9.97 Å². The van der Waals surface area contributed by atoms with Gasteiger partial charge in [0.1, 0.15) is 5.69 Å². The van der Waals surface area contributed by atoms with Crippen molar-refractivity contribution in [1.29, 1.82) is 0 Å². The van der Waals surface area contributed by atoms with E-state index < -0.39 is 5.91 Å². The highest BCUT2D eigenvalue weighted by Crippen LogP contribution is 2.23. The van der Waals surface area contributed by atoms with E-state index in [1.54, 1.807) is 6.07 Å². The minimum Gasteiger partial charge on any atom is -0.364 e. The van der Waals surface area contributed by atoms with Gasteiger partial charge in [0.25, 0.3) is 5.91 Å². The van der Waals surface area contributed by atoms with E-state index in [1.165, 1.54) is 6.42 Å². The predicted octanol–water partition coefficient (Wildman–Crippen LogP) is 2.54. The molecule has 22 heavy (non-hydrogen) atoms. The van der Waals surface area contributed by atoms with Crippen LogP contribution in [-0.4, -0.2) is 29.0 Å². The van der Waals surface area contributed by atoms with Gasteiger partial charge in [-0.3, -0.25) is 4.79 Å². The van der Waals surface area contributed by atoms with E-state index in [-0.39, 0.29) is 5.69 Å². The number of piperidine rings is 1. The minimum atomic E-state index is -0.519. The Morgan fingerprint density at radius 2 is 1.91 bits per heavy atom. The number of rotatable bonds is 3. The molecule has 0 aliphatic carbocycles. The fourth-order valence-corrected chi connectivity index (χ4v) is 2.75. The van der Waals surface area contributed by atoms with Gasteiger partial charge in [0, 0.05) is 18.7 Å². The van der Waals surface area contributed by atoms with Gasteiger partial charge in [-0.15, -0.1) is 0 Å². The number of hydrogen-bond acceptors (Lipinski definition) is 4. The van der Waals surface area contributed by atoms with Gasteiger partial charge in [-0.05, 0) is 38.3 Å². The van der Waals surface area contributed by atoms with Crippen LogP contribution in [0.15, 0.2) is 30.3 Å². The fraction of sp³-hybridized carbons (Fsp3) is 0.353. The zero-order valence-corrected chi connectivity index (χ0v) is 12.7. The Bertz CT molecular complexity index is 693. The second-order valence-electron chi connectivity index (χ2n) is 5.72. The van der Waals surface area contributed by atoms with Crippen molar-refractivity contribution in [2.75, 3.05) is 18.0 Å². The molecule has 1 saturated heterocycles. The van der Waals surface area contributed by atoms with Gasteiger partial charge in [0.05, 0.1) is 5.69 Å². The van der Waals surface area contributed by atoms with Gasteiger partial charge in [0.15, 0.2) is 0 Å². The summed E-state index contributed by atoms with van der Waals surface area (Å²) < 4.78 is 0. The molecule has 1 aromatic heterocycles. The summed E-state index contributed by atoms with van der Waals surface area (Å²) in [4.78, 5) is 22.7. The molecule has 5 heteroatoms. The molecule has 0 bridgehead atoms. The first-order valence-electron chi connectivity index (χ1n) is 7.64. The van der Waals surface area contributed by atoms with E-state index in [0.717, 1.165) is 42.8 Å². The molecule has 2 aromatic rings. The zero-order chi connectivity index (χ0) is 15.5. The number of benzene rings is 1. The largest absolute Gasteiger partial charge is 0.364 e. The summed E-state index contributed by atoms with van der Waals surface area (Å²) in [6, 6.07) is 9.72. The summed E-state index contributed by atoms with van der Waals surface area (Å²) in [5.41, 5.74) is 8.58. The number of primary amides is 1. The van der Waals surface area contributed by atoms with Crippen LogP contribution in [0.25, 0.3) is 11.3 Å². The molecule has 1 amide bonds. The van der Waals surface area contributed by atoms with Gasteiger partial charge >= 0.3 is 0 Å². The lowest BCUT2D eigenvalue weighted by Gasteiger charge is -2.27. The Labute approximate surface area is 130 Å². The number of aryl methyl sites for hydroxylation is 1. The number of carbonyl (C=O) groups is 1. The third kappa shape index (κ3) is 3.08. The Kier molecular flexibility index (Phi) is 4.04. The summed E-state index contributed by atoms with van der Waals surface area (Å²) in [6.45, 7) is 3.89. The topological polar surface area (TPSA) is 72.1 Å². The number of amides is 1. The number of aromatic nitrogens is 2. The van der Waals surface area contributed by atoms with Gasteiger partial charge < -0.3 is 10.6 Å². The van der Waals surface area contributed by atoms with E-state index >= 15 is 0 Å². The van der Waals surface area contributed by atoms with Crippen LogP contribution in [0.3, 0.4) is 0 Å². The first-order chi connectivity index (χ1) is 10.6. The molecular formula is C17H20N4O. The Hall–Kier alpha value is -2.43. The number of carbonyl (C=O) groups excluding carboxylic acids is 1. The smallest absolute Gasteiger partial charge is 0.267 e. The Morgan fingerprint density at radius 1 is 1.14 bits per heavy atom. The highest BCUT2D eigenvalue weighted by molar-refractivity contribution is 5.92. The van der Waals surface area contributed by atoms with Crippen molar-refractivity contribution in [3.05, 3.63) is 41.6 Å². The van der Waals surface area contributed by atoms with E-state index in [1.807, 2.05) is 31.2 Å². The SMILES string of the molecule is Cc1cccc(-c2cc(C(N)=O)nc(N3CCCCC3)n2)c1. The molecule has 0 saturated carbocycles. The molecule has 1 fully saturated rings. The maximum absolute atomic E-state index is 11.6. The van der Waals surface area contributed by atoms with Gasteiger partial charge in [-0.2, -0.15) is 0 Å². The van der Waals surface area contributed by atoms with Crippen LogP contribution in [0.1, 0.15) is 35.3 Å². The average molecular weight is 296 g/mol. The lowest BCUT2D eigenvalue weighted by atomic mass is 10.1. The first-order valence-corrected chi connectivity index (χ1v) is 7.64. The van der Waals surface area contributed by atoms with Crippen LogP contribution < -0.4 is 10.6 Å². The molecule has 0 atom stereocenters. The fourth-order valence-electron chi connectivity index (χ4n) is 2.75. The normalized spacial score (nSPS) is 14.9. The average Bonchev–Trinajstić information content (AvgIpc) is 2.55. The van der Waals surface area contributed by atoms with E-state index in [4.69, 9.17) is 5.73 Å². The first kappa shape index (κ1) is 14.5. The standard InChI is InChI=1S/C17H20N4O/c1-12-6-5-7-13(10-12)14-11-15(16(18)22)20-17(19-14)21-8-3-2-4-9-21/h5-7,10-11H,2-4,8-9H2,1H3,(H2,18,22). The summed E-state index contributed by atoms with van der Waals surface area (Å²) in [5, 5.41) is 0. The van der Waals surface area contributed by atoms with Crippen LogP contribution in [0.5, 0.6) is 0 Å². The number of anilines is 1. The molecule has 0 spiro atoms. The van der Waals surface area contributed by atoms with Crippen molar-refractivity contribution in [2.45, 2.75) is 26.2 Å². The molecule has 5 nitrogen and oxygen atoms in total. The molecule has 3 rings (SSSR count). The van der Waals surface area contributed by atoms with Crippen molar-refractivity contribution in [2.24, 2.45) is 5.73 Å². The second-order valence-corrected chi connectivity index (χ2v) is 5.72. The highest BCUT2D eigenvalue weighted by atomic mass is 16.1. The van der Waals surface area contributed by atoms with Crippen molar-refractivity contribution < 1.29 is 4.79 Å². The van der Waals surface area contributed by atoms with Crippen molar-refractivity contribution in [3.63, 3.8) is 0 Å². The molecule has 1 aromatic carbocycles. The Morgan fingerprint density at radius 3 is 2.59 bits per heavy atom. The molecular weight excluding hydrogens is 276 g/mol. The molecule has 0 unspecified atom stereocenters. The third-order valence-electron chi connectivity index (χ3n) is 3.92. The molecule has 2 heterocycles.